The minimum absolute atomic E-state index is 0.200. The van der Waals surface area contributed by atoms with Crippen LogP contribution in [0, 0.1) is 0 Å². The predicted octanol–water partition coefficient (Wildman–Crippen LogP) is -1.48. The average molecular weight is 246 g/mol. The maximum atomic E-state index is 11.0. The lowest BCUT2D eigenvalue weighted by atomic mass is 10.3. The molecule has 0 radical (unpaired) electrons. The van der Waals surface area contributed by atoms with Crippen molar-refractivity contribution in [3.05, 3.63) is 0 Å². The maximum absolute atomic E-state index is 11.0. The van der Waals surface area contributed by atoms with E-state index in [1.165, 1.54) is 6.92 Å². The Labute approximate surface area is 102 Å². The highest BCUT2D eigenvalue weighted by atomic mass is 16.5. The first-order valence-corrected chi connectivity index (χ1v) is 6.03. The number of hydrogen-bond acceptors (Lipinski definition) is 6. The molecule has 1 atom stereocenters. The Morgan fingerprint density at radius 3 is 2.24 bits per heavy atom. The molecule has 0 aliphatic carbocycles. The molecule has 17 heavy (non-hydrogen) atoms. The van der Waals surface area contributed by atoms with Gasteiger partial charge >= 0.3 is 5.97 Å². The van der Waals surface area contributed by atoms with Gasteiger partial charge in [0.05, 0.1) is 6.61 Å². The van der Waals surface area contributed by atoms with Crippen LogP contribution in [0.25, 0.3) is 0 Å². The van der Waals surface area contributed by atoms with E-state index in [2.05, 4.69) is 9.80 Å². The van der Waals surface area contributed by atoms with E-state index in [1.54, 1.807) is 0 Å². The molecule has 6 heteroatoms. The molecule has 1 rings (SSSR count). The van der Waals surface area contributed by atoms with Crippen molar-refractivity contribution in [3.8, 4) is 0 Å². The molecular weight excluding hydrogens is 224 g/mol. The van der Waals surface area contributed by atoms with Crippen LogP contribution < -0.4 is 0 Å². The van der Waals surface area contributed by atoms with E-state index in [9.17, 15) is 4.79 Å². The molecule has 1 aliphatic rings. The van der Waals surface area contributed by atoms with Crippen molar-refractivity contribution in [3.63, 3.8) is 0 Å². The first kappa shape index (κ1) is 14.4. The predicted molar refractivity (Wildman–Crippen MR) is 62.6 cm³/mol. The maximum Gasteiger partial charge on any atom is 0.334 e. The molecule has 0 saturated carbocycles. The Hall–Kier alpha value is -0.690. The van der Waals surface area contributed by atoms with E-state index in [-0.39, 0.29) is 6.61 Å². The van der Waals surface area contributed by atoms with Crippen LogP contribution in [-0.4, -0.2) is 84.6 Å². The van der Waals surface area contributed by atoms with Gasteiger partial charge in [0, 0.05) is 39.3 Å². The Balaban J connectivity index is 2.08. The number of ether oxygens (including phenoxy) is 1. The lowest BCUT2D eigenvalue weighted by Gasteiger charge is -2.34. The van der Waals surface area contributed by atoms with E-state index < -0.39 is 12.1 Å². The summed E-state index contributed by atoms with van der Waals surface area (Å²) >= 11 is 0. The third-order valence-electron chi connectivity index (χ3n) is 2.87. The number of hydrogen-bond donors (Lipinski definition) is 2. The van der Waals surface area contributed by atoms with Gasteiger partial charge in [-0.3, -0.25) is 9.80 Å². The van der Waals surface area contributed by atoms with Crippen LogP contribution in [0.2, 0.25) is 0 Å². The summed E-state index contributed by atoms with van der Waals surface area (Å²) in [6.45, 7) is 7.07. The van der Waals surface area contributed by atoms with Gasteiger partial charge in [-0.1, -0.05) is 0 Å². The number of rotatable bonds is 6. The van der Waals surface area contributed by atoms with Gasteiger partial charge in [-0.05, 0) is 6.92 Å². The second-order valence-corrected chi connectivity index (χ2v) is 4.25. The summed E-state index contributed by atoms with van der Waals surface area (Å²) in [5, 5.41) is 17.7. The van der Waals surface area contributed by atoms with Gasteiger partial charge in [0.1, 0.15) is 12.7 Å². The first-order valence-electron chi connectivity index (χ1n) is 6.03. The zero-order chi connectivity index (χ0) is 12.7. The summed E-state index contributed by atoms with van der Waals surface area (Å²) in [4.78, 5) is 15.4. The van der Waals surface area contributed by atoms with E-state index in [0.29, 0.717) is 13.2 Å². The summed E-state index contributed by atoms with van der Waals surface area (Å²) in [7, 11) is 0. The molecule has 0 aromatic rings. The number of piperazine rings is 1. The Morgan fingerprint density at radius 1 is 1.24 bits per heavy atom. The summed E-state index contributed by atoms with van der Waals surface area (Å²) in [5.74, 6) is -0.566. The third-order valence-corrected chi connectivity index (χ3v) is 2.87. The van der Waals surface area contributed by atoms with Gasteiger partial charge in [0.15, 0.2) is 0 Å². The quantitative estimate of drug-likeness (QED) is 0.557. The molecule has 100 valence electrons. The normalized spacial score (nSPS) is 20.2. The van der Waals surface area contributed by atoms with Crippen LogP contribution in [0.3, 0.4) is 0 Å². The molecule has 0 aromatic carbocycles. The topological polar surface area (TPSA) is 73.2 Å². The molecule has 0 aromatic heterocycles. The van der Waals surface area contributed by atoms with Crippen LogP contribution in [0.1, 0.15) is 6.92 Å². The van der Waals surface area contributed by atoms with Gasteiger partial charge in [0.25, 0.3) is 0 Å². The molecule has 2 N–H and O–H groups in total. The lowest BCUT2D eigenvalue weighted by Crippen LogP contribution is -2.48. The average Bonchev–Trinajstić information content (AvgIpc) is 2.31. The highest BCUT2D eigenvalue weighted by Crippen LogP contribution is 2.00. The Morgan fingerprint density at radius 2 is 1.76 bits per heavy atom. The van der Waals surface area contributed by atoms with Crippen LogP contribution >= 0.6 is 0 Å². The van der Waals surface area contributed by atoms with Crippen molar-refractivity contribution >= 4 is 5.97 Å². The number of carbonyl (C=O) groups is 1. The summed E-state index contributed by atoms with van der Waals surface area (Å²) < 4.78 is 4.90. The summed E-state index contributed by atoms with van der Waals surface area (Å²) in [5.41, 5.74) is 0. The number of aliphatic hydroxyl groups is 2. The molecule has 0 spiro atoms. The SMILES string of the molecule is CC(O)C(=O)OCCN1CCN(CCO)CC1. The summed E-state index contributed by atoms with van der Waals surface area (Å²) in [6, 6.07) is 0. The van der Waals surface area contributed by atoms with Gasteiger partial charge < -0.3 is 14.9 Å². The van der Waals surface area contributed by atoms with Crippen molar-refractivity contribution in [2.45, 2.75) is 13.0 Å². The van der Waals surface area contributed by atoms with Crippen molar-refractivity contribution in [1.82, 2.24) is 9.80 Å². The molecule has 0 amide bonds. The molecule has 1 saturated heterocycles. The number of carbonyl (C=O) groups excluding carboxylic acids is 1. The highest BCUT2D eigenvalue weighted by Gasteiger charge is 2.16. The highest BCUT2D eigenvalue weighted by molar-refractivity contribution is 5.73. The summed E-state index contributed by atoms with van der Waals surface area (Å²) in [6.07, 6.45) is -1.04. The number of esters is 1. The van der Waals surface area contributed by atoms with Crippen molar-refractivity contribution in [2.24, 2.45) is 0 Å². The minimum Gasteiger partial charge on any atom is -0.462 e. The molecule has 6 nitrogen and oxygen atoms in total. The first-order chi connectivity index (χ1) is 8.13. The molecular formula is C11H22N2O4. The van der Waals surface area contributed by atoms with Crippen molar-refractivity contribution in [2.75, 3.05) is 52.5 Å². The number of aliphatic hydroxyl groups excluding tert-OH is 2. The van der Waals surface area contributed by atoms with Crippen molar-refractivity contribution < 1.29 is 19.7 Å². The largest absolute Gasteiger partial charge is 0.462 e. The molecule has 0 bridgehead atoms. The van der Waals surface area contributed by atoms with Gasteiger partial charge in [0.2, 0.25) is 0 Å². The Kier molecular flexibility index (Phi) is 6.43. The van der Waals surface area contributed by atoms with Crippen molar-refractivity contribution in [1.29, 1.82) is 0 Å². The second-order valence-electron chi connectivity index (χ2n) is 4.25. The van der Waals surface area contributed by atoms with E-state index >= 15 is 0 Å². The lowest BCUT2D eigenvalue weighted by molar-refractivity contribution is -0.153. The van der Waals surface area contributed by atoms with E-state index in [4.69, 9.17) is 14.9 Å². The van der Waals surface area contributed by atoms with E-state index in [1.807, 2.05) is 0 Å². The minimum atomic E-state index is -1.04. The third kappa shape index (κ3) is 5.45. The van der Waals surface area contributed by atoms with Gasteiger partial charge in [-0.25, -0.2) is 4.79 Å². The fourth-order valence-electron chi connectivity index (χ4n) is 1.77. The molecule has 1 fully saturated rings. The zero-order valence-electron chi connectivity index (χ0n) is 10.3. The fraction of sp³-hybridized carbons (Fsp3) is 0.909. The number of β-amino-alcohol motifs (C(OH)–C–C–N with tert-alkyl or cyclic N) is 1. The van der Waals surface area contributed by atoms with Crippen LogP contribution in [-0.2, 0) is 9.53 Å². The van der Waals surface area contributed by atoms with E-state index in [0.717, 1.165) is 32.7 Å². The fourth-order valence-corrected chi connectivity index (χ4v) is 1.77. The zero-order valence-corrected chi connectivity index (χ0v) is 10.3. The Bertz CT molecular complexity index is 228. The van der Waals surface area contributed by atoms with Crippen LogP contribution in [0.15, 0.2) is 0 Å². The van der Waals surface area contributed by atoms with Crippen LogP contribution in [0.4, 0.5) is 0 Å². The number of nitrogens with zero attached hydrogens (tertiary/aromatic N) is 2. The standard InChI is InChI=1S/C11H22N2O4/c1-10(15)11(16)17-9-7-13-4-2-12(3-5-13)6-8-14/h10,14-15H,2-9H2,1H3. The van der Waals surface area contributed by atoms with Crippen LogP contribution in [0.5, 0.6) is 0 Å². The monoisotopic (exact) mass is 246 g/mol. The second kappa shape index (κ2) is 7.60. The van der Waals surface area contributed by atoms with Gasteiger partial charge in [-0.2, -0.15) is 0 Å². The molecule has 1 heterocycles. The van der Waals surface area contributed by atoms with Gasteiger partial charge in [-0.15, -0.1) is 0 Å². The molecule has 1 aliphatic heterocycles. The molecule has 1 unspecified atom stereocenters. The smallest absolute Gasteiger partial charge is 0.334 e.